The molecule has 2 aromatic rings. The van der Waals surface area contributed by atoms with Crippen LogP contribution in [-0.2, 0) is 6.42 Å². The molecule has 0 bridgehead atoms. The maximum Gasteiger partial charge on any atom is 0.203 e. The van der Waals surface area contributed by atoms with Crippen LogP contribution >= 0.6 is 11.3 Å². The van der Waals surface area contributed by atoms with Crippen molar-refractivity contribution >= 4 is 16.5 Å². The second-order valence-electron chi connectivity index (χ2n) is 5.61. The third-order valence-electron chi connectivity index (χ3n) is 4.02. The van der Waals surface area contributed by atoms with Crippen molar-refractivity contribution in [2.45, 2.75) is 44.9 Å². The molecule has 1 saturated carbocycles. The van der Waals surface area contributed by atoms with E-state index in [1.807, 2.05) is 6.20 Å². The summed E-state index contributed by atoms with van der Waals surface area (Å²) in [7, 11) is 0. The number of anilines is 1. The highest BCUT2D eigenvalue weighted by atomic mass is 32.1. The molecule has 0 amide bonds. The first-order valence-corrected chi connectivity index (χ1v) is 7.89. The third-order valence-corrected chi connectivity index (χ3v) is 4.80. The van der Waals surface area contributed by atoms with Crippen LogP contribution in [0.25, 0.3) is 0 Å². The Bertz CT molecular complexity index is 574. The number of hydrogen-bond acceptors (Lipinski definition) is 6. The molecule has 0 spiro atoms. The highest BCUT2D eigenvalue weighted by Gasteiger charge is 2.24. The highest BCUT2D eigenvalue weighted by Crippen LogP contribution is 2.36. The second-order valence-corrected chi connectivity index (χ2v) is 6.71. The molecule has 0 unspecified atom stereocenters. The molecule has 20 heavy (non-hydrogen) atoms. The Hall–Kier alpha value is -1.56. The lowest BCUT2D eigenvalue weighted by Gasteiger charge is -2.27. The van der Waals surface area contributed by atoms with Gasteiger partial charge in [0.25, 0.3) is 0 Å². The topological polar surface area (TPSA) is 77.6 Å². The molecule has 6 heteroatoms. The van der Waals surface area contributed by atoms with E-state index >= 15 is 0 Å². The van der Waals surface area contributed by atoms with Crippen molar-refractivity contribution in [2.24, 2.45) is 5.92 Å². The summed E-state index contributed by atoms with van der Waals surface area (Å²) >= 11 is 1.51. The molecule has 2 N–H and O–H groups in total. The molecule has 1 aliphatic rings. The van der Waals surface area contributed by atoms with Gasteiger partial charge in [-0.15, -0.1) is 10.2 Å². The molecular formula is C14H19N5S. The lowest BCUT2D eigenvalue weighted by atomic mass is 9.79. The van der Waals surface area contributed by atoms with Crippen LogP contribution in [0, 0.1) is 12.8 Å². The minimum Gasteiger partial charge on any atom is -0.374 e. The maximum absolute atomic E-state index is 5.63. The van der Waals surface area contributed by atoms with Gasteiger partial charge >= 0.3 is 0 Å². The zero-order valence-electron chi connectivity index (χ0n) is 11.6. The highest BCUT2D eigenvalue weighted by molar-refractivity contribution is 7.15. The van der Waals surface area contributed by atoms with Gasteiger partial charge in [-0.1, -0.05) is 11.3 Å². The molecule has 0 atom stereocenters. The molecule has 1 aliphatic carbocycles. The molecule has 106 valence electrons. The van der Waals surface area contributed by atoms with Gasteiger partial charge in [0, 0.05) is 12.3 Å². The molecule has 2 heterocycles. The largest absolute Gasteiger partial charge is 0.374 e. The summed E-state index contributed by atoms with van der Waals surface area (Å²) in [5.41, 5.74) is 7.98. The Kier molecular flexibility index (Phi) is 3.91. The number of aromatic nitrogens is 4. The normalized spacial score (nSPS) is 22.9. The van der Waals surface area contributed by atoms with Crippen LogP contribution < -0.4 is 5.73 Å². The van der Waals surface area contributed by atoms with E-state index in [0.717, 1.165) is 17.1 Å². The predicted octanol–water partition coefficient (Wildman–Crippen LogP) is 2.74. The third kappa shape index (κ3) is 3.12. The fourth-order valence-corrected chi connectivity index (χ4v) is 3.67. The molecule has 0 radical (unpaired) electrons. The second kappa shape index (κ2) is 5.83. The quantitative estimate of drug-likeness (QED) is 0.940. The average Bonchev–Trinajstić information content (AvgIpc) is 2.85. The smallest absolute Gasteiger partial charge is 0.203 e. The minimum atomic E-state index is 0.568. The van der Waals surface area contributed by atoms with E-state index in [0.29, 0.717) is 17.0 Å². The van der Waals surface area contributed by atoms with Gasteiger partial charge in [0.1, 0.15) is 5.01 Å². The minimum absolute atomic E-state index is 0.568. The number of nitrogens with zero attached hydrogens (tertiary/aromatic N) is 4. The Morgan fingerprint density at radius 1 is 1.20 bits per heavy atom. The van der Waals surface area contributed by atoms with Gasteiger partial charge in [-0.2, -0.15) is 10.2 Å². The molecule has 0 aliphatic heterocycles. The lowest BCUT2D eigenvalue weighted by Crippen LogP contribution is -2.16. The van der Waals surface area contributed by atoms with Crippen molar-refractivity contribution in [3.8, 4) is 0 Å². The van der Waals surface area contributed by atoms with Crippen molar-refractivity contribution in [1.82, 2.24) is 20.4 Å². The van der Waals surface area contributed by atoms with E-state index in [4.69, 9.17) is 5.73 Å². The van der Waals surface area contributed by atoms with Crippen molar-refractivity contribution in [3.63, 3.8) is 0 Å². The Morgan fingerprint density at radius 2 is 2.00 bits per heavy atom. The Balaban J connectivity index is 1.57. The number of nitrogens with two attached hydrogens (primary N) is 1. The fraction of sp³-hybridized carbons (Fsp3) is 0.571. The number of rotatable bonds is 3. The van der Waals surface area contributed by atoms with Crippen LogP contribution in [0.2, 0.25) is 0 Å². The summed E-state index contributed by atoms with van der Waals surface area (Å²) in [6.07, 6.45) is 7.66. The van der Waals surface area contributed by atoms with E-state index < -0.39 is 0 Å². The summed E-state index contributed by atoms with van der Waals surface area (Å²) in [4.78, 5) is 0. The van der Waals surface area contributed by atoms with Crippen LogP contribution in [-0.4, -0.2) is 20.4 Å². The summed E-state index contributed by atoms with van der Waals surface area (Å²) in [6.45, 7) is 2.07. The first-order chi connectivity index (χ1) is 9.70. The van der Waals surface area contributed by atoms with Crippen molar-refractivity contribution in [3.05, 3.63) is 28.5 Å². The standard InChI is InChI=1S/C14H19N5S/c1-9-6-12(17-16-8-9)11-4-2-10(3-5-11)7-13-18-19-14(15)20-13/h6,8,10-11H,2-5,7H2,1H3,(H2,15,19). The van der Waals surface area contributed by atoms with Crippen LogP contribution in [0.4, 0.5) is 5.13 Å². The van der Waals surface area contributed by atoms with Crippen LogP contribution in [0.15, 0.2) is 12.3 Å². The van der Waals surface area contributed by atoms with E-state index in [1.54, 1.807) is 0 Å². The summed E-state index contributed by atoms with van der Waals surface area (Å²) in [6, 6.07) is 2.17. The van der Waals surface area contributed by atoms with Gasteiger partial charge in [-0.25, -0.2) is 0 Å². The van der Waals surface area contributed by atoms with Crippen molar-refractivity contribution in [2.75, 3.05) is 5.73 Å². The molecule has 0 aromatic carbocycles. The van der Waals surface area contributed by atoms with Gasteiger partial charge in [-0.3, -0.25) is 0 Å². The summed E-state index contributed by atoms with van der Waals surface area (Å²) in [5, 5.41) is 18.0. The van der Waals surface area contributed by atoms with Gasteiger partial charge in [0.05, 0.1) is 11.9 Å². The average molecular weight is 289 g/mol. The summed E-state index contributed by atoms with van der Waals surface area (Å²) in [5.74, 6) is 1.27. The number of aryl methyl sites for hydroxylation is 1. The van der Waals surface area contributed by atoms with E-state index in [-0.39, 0.29) is 0 Å². The van der Waals surface area contributed by atoms with Gasteiger partial charge in [-0.05, 0) is 50.2 Å². The number of hydrogen-bond donors (Lipinski definition) is 1. The zero-order chi connectivity index (χ0) is 13.9. The maximum atomic E-state index is 5.63. The fourth-order valence-electron chi connectivity index (χ4n) is 2.94. The van der Waals surface area contributed by atoms with Gasteiger partial charge in [0.15, 0.2) is 0 Å². The zero-order valence-corrected chi connectivity index (χ0v) is 12.4. The van der Waals surface area contributed by atoms with Crippen LogP contribution in [0.3, 0.4) is 0 Å². The molecule has 0 saturated heterocycles. The van der Waals surface area contributed by atoms with E-state index in [9.17, 15) is 0 Å². The first kappa shape index (κ1) is 13.4. The molecule has 2 aromatic heterocycles. The van der Waals surface area contributed by atoms with E-state index in [1.165, 1.54) is 42.6 Å². The monoisotopic (exact) mass is 289 g/mol. The lowest BCUT2D eigenvalue weighted by molar-refractivity contribution is 0.319. The Labute approximate surface area is 122 Å². The van der Waals surface area contributed by atoms with Crippen molar-refractivity contribution in [1.29, 1.82) is 0 Å². The molecule has 1 fully saturated rings. The predicted molar refractivity (Wildman–Crippen MR) is 79.5 cm³/mol. The van der Waals surface area contributed by atoms with Gasteiger partial charge in [0.2, 0.25) is 5.13 Å². The van der Waals surface area contributed by atoms with Crippen LogP contribution in [0.5, 0.6) is 0 Å². The number of nitrogen functional groups attached to an aromatic ring is 1. The van der Waals surface area contributed by atoms with Gasteiger partial charge < -0.3 is 5.73 Å². The van der Waals surface area contributed by atoms with E-state index in [2.05, 4.69) is 33.4 Å². The van der Waals surface area contributed by atoms with Crippen molar-refractivity contribution < 1.29 is 0 Å². The first-order valence-electron chi connectivity index (χ1n) is 7.08. The summed E-state index contributed by atoms with van der Waals surface area (Å²) < 4.78 is 0. The molecule has 5 nitrogen and oxygen atoms in total. The van der Waals surface area contributed by atoms with Crippen LogP contribution in [0.1, 0.15) is 47.9 Å². The Morgan fingerprint density at radius 3 is 2.65 bits per heavy atom. The molecule has 3 rings (SSSR count). The SMILES string of the molecule is Cc1cnnc(C2CCC(Cc3nnc(N)s3)CC2)c1. The molecular weight excluding hydrogens is 270 g/mol.